The number of nitrogens with one attached hydrogen (secondary N) is 1. The summed E-state index contributed by atoms with van der Waals surface area (Å²) in [6.45, 7) is 0. The second-order valence-electron chi connectivity index (χ2n) is 7.22. The van der Waals surface area contributed by atoms with Crippen molar-refractivity contribution in [1.29, 1.82) is 5.26 Å². The van der Waals surface area contributed by atoms with Gasteiger partial charge in [-0.25, -0.2) is 4.98 Å². The van der Waals surface area contributed by atoms with Crippen LogP contribution in [-0.4, -0.2) is 20.4 Å². The fourth-order valence-electron chi connectivity index (χ4n) is 3.26. The van der Waals surface area contributed by atoms with Gasteiger partial charge in [0.05, 0.1) is 15.0 Å². The molecular weight excluding hydrogens is 509 g/mol. The third-order valence-electron chi connectivity index (χ3n) is 4.95. The SMILES string of the molecule is N#C/C(=C\c1cccn1-c1ccc([N+](=O)[O-])cc1)C(=O)Nc1ncc(Cc2cccc(Cl)c2Cl)s1. The molecule has 4 rings (SSSR count). The van der Waals surface area contributed by atoms with E-state index in [2.05, 4.69) is 10.3 Å². The first-order valence-corrected chi connectivity index (χ1v) is 11.7. The minimum absolute atomic E-state index is 0.0319. The number of nitro benzene ring substituents is 1. The molecule has 2 aromatic carbocycles. The van der Waals surface area contributed by atoms with Crippen LogP contribution in [0.15, 0.2) is 72.6 Å². The van der Waals surface area contributed by atoms with Crippen molar-refractivity contribution in [2.75, 3.05) is 5.32 Å². The average Bonchev–Trinajstić information content (AvgIpc) is 3.49. The highest BCUT2D eigenvalue weighted by Gasteiger charge is 2.15. The van der Waals surface area contributed by atoms with Gasteiger partial charge in [-0.2, -0.15) is 5.26 Å². The highest BCUT2D eigenvalue weighted by molar-refractivity contribution is 7.15. The molecule has 8 nitrogen and oxygen atoms in total. The van der Waals surface area contributed by atoms with Gasteiger partial charge < -0.3 is 4.57 Å². The zero-order valence-electron chi connectivity index (χ0n) is 17.8. The monoisotopic (exact) mass is 523 g/mol. The van der Waals surface area contributed by atoms with Crippen LogP contribution in [0.5, 0.6) is 0 Å². The maximum atomic E-state index is 12.7. The van der Waals surface area contributed by atoms with Crippen molar-refractivity contribution in [1.82, 2.24) is 9.55 Å². The Balaban J connectivity index is 1.50. The lowest BCUT2D eigenvalue weighted by Gasteiger charge is -2.07. The van der Waals surface area contributed by atoms with Crippen LogP contribution in [0.3, 0.4) is 0 Å². The second-order valence-corrected chi connectivity index (χ2v) is 9.12. The predicted molar refractivity (Wildman–Crippen MR) is 136 cm³/mol. The number of hydrogen-bond donors (Lipinski definition) is 1. The molecule has 0 radical (unpaired) electrons. The van der Waals surface area contributed by atoms with Gasteiger partial charge in [0.25, 0.3) is 11.6 Å². The van der Waals surface area contributed by atoms with Crippen molar-refractivity contribution >= 4 is 57.3 Å². The maximum absolute atomic E-state index is 12.7. The van der Waals surface area contributed by atoms with Gasteiger partial charge >= 0.3 is 0 Å². The molecule has 2 heterocycles. The zero-order valence-corrected chi connectivity index (χ0v) is 20.1. The van der Waals surface area contributed by atoms with E-state index in [0.717, 1.165) is 10.4 Å². The number of amides is 1. The largest absolute Gasteiger partial charge is 0.317 e. The first-order valence-electron chi connectivity index (χ1n) is 10.1. The van der Waals surface area contributed by atoms with E-state index in [-0.39, 0.29) is 11.3 Å². The quantitative estimate of drug-likeness (QED) is 0.132. The molecule has 0 bridgehead atoms. The van der Waals surface area contributed by atoms with Crippen LogP contribution in [0.4, 0.5) is 10.8 Å². The Labute approximate surface area is 213 Å². The Hall–Kier alpha value is -3.97. The van der Waals surface area contributed by atoms with Gasteiger partial charge in [0, 0.05) is 47.2 Å². The van der Waals surface area contributed by atoms with Crippen molar-refractivity contribution in [3.63, 3.8) is 0 Å². The molecule has 0 spiro atoms. The molecule has 35 heavy (non-hydrogen) atoms. The van der Waals surface area contributed by atoms with E-state index in [1.807, 2.05) is 18.2 Å². The molecule has 11 heteroatoms. The number of carbonyl (C=O) groups excluding carboxylic acids is 1. The van der Waals surface area contributed by atoms with E-state index in [4.69, 9.17) is 23.2 Å². The summed E-state index contributed by atoms with van der Waals surface area (Å²) < 4.78 is 1.71. The third-order valence-corrected chi connectivity index (χ3v) is 6.72. The minimum atomic E-state index is -0.606. The fourth-order valence-corrected chi connectivity index (χ4v) is 4.48. The summed E-state index contributed by atoms with van der Waals surface area (Å²) in [6, 6.07) is 16.7. The summed E-state index contributed by atoms with van der Waals surface area (Å²) in [7, 11) is 0. The molecule has 1 amide bonds. The van der Waals surface area contributed by atoms with Gasteiger partial charge in [0.1, 0.15) is 11.6 Å². The lowest BCUT2D eigenvalue weighted by atomic mass is 10.1. The number of hydrogen-bond acceptors (Lipinski definition) is 6. The van der Waals surface area contributed by atoms with E-state index in [9.17, 15) is 20.2 Å². The number of nitriles is 1. The molecule has 0 saturated heterocycles. The van der Waals surface area contributed by atoms with Gasteiger partial charge in [-0.05, 0) is 42.0 Å². The molecule has 0 aliphatic heterocycles. The Morgan fingerprint density at radius 2 is 1.97 bits per heavy atom. The van der Waals surface area contributed by atoms with Crippen LogP contribution in [0.1, 0.15) is 16.1 Å². The predicted octanol–water partition coefficient (Wildman–Crippen LogP) is 6.29. The highest BCUT2D eigenvalue weighted by Crippen LogP contribution is 2.29. The maximum Gasteiger partial charge on any atom is 0.269 e. The van der Waals surface area contributed by atoms with E-state index in [1.54, 1.807) is 47.3 Å². The van der Waals surface area contributed by atoms with E-state index < -0.39 is 10.8 Å². The molecule has 174 valence electrons. The van der Waals surface area contributed by atoms with Gasteiger partial charge in [0.2, 0.25) is 0 Å². The standard InChI is InChI=1S/C24H15Cl2N5O3S/c25-21-5-1-3-15(22(21)26)12-20-14-28-24(35-20)29-23(32)16(13-27)11-19-4-2-10-30(19)17-6-8-18(9-7-17)31(33)34/h1-11,14H,12H2,(H,28,29,32)/b16-11+. The van der Waals surface area contributed by atoms with E-state index in [0.29, 0.717) is 33.0 Å². The number of benzene rings is 2. The number of non-ortho nitro benzene ring substituents is 1. The smallest absolute Gasteiger partial charge is 0.269 e. The summed E-state index contributed by atoms with van der Waals surface area (Å²) in [5.41, 5.74) is 1.89. The number of thiazole rings is 1. The topological polar surface area (TPSA) is 114 Å². The van der Waals surface area contributed by atoms with Gasteiger partial charge in [-0.3, -0.25) is 20.2 Å². The van der Waals surface area contributed by atoms with Gasteiger partial charge in [-0.1, -0.05) is 35.3 Å². The zero-order chi connectivity index (χ0) is 24.9. The number of halogens is 2. The van der Waals surface area contributed by atoms with Crippen molar-refractivity contribution in [3.8, 4) is 11.8 Å². The summed E-state index contributed by atoms with van der Waals surface area (Å²) in [6.07, 6.45) is 5.30. The Kier molecular flexibility index (Phi) is 7.27. The van der Waals surface area contributed by atoms with Crippen LogP contribution in [-0.2, 0) is 11.2 Å². The second kappa shape index (κ2) is 10.5. The number of nitro groups is 1. The molecule has 0 fully saturated rings. The summed E-state index contributed by atoms with van der Waals surface area (Å²) in [5, 5.41) is 24.4. The Morgan fingerprint density at radius 1 is 1.20 bits per heavy atom. The number of aromatic nitrogens is 2. The van der Waals surface area contributed by atoms with E-state index >= 15 is 0 Å². The number of nitrogens with zero attached hydrogens (tertiary/aromatic N) is 4. The summed E-state index contributed by atoms with van der Waals surface area (Å²) in [4.78, 5) is 28.2. The van der Waals surface area contributed by atoms with Gasteiger partial charge in [0.15, 0.2) is 5.13 Å². The fraction of sp³-hybridized carbons (Fsp3) is 0.0417. The van der Waals surface area contributed by atoms with E-state index in [1.165, 1.54) is 29.5 Å². The number of anilines is 1. The lowest BCUT2D eigenvalue weighted by molar-refractivity contribution is -0.384. The molecular formula is C24H15Cl2N5O3S. The van der Waals surface area contributed by atoms with Crippen molar-refractivity contribution < 1.29 is 9.72 Å². The van der Waals surface area contributed by atoms with Crippen LogP contribution < -0.4 is 5.32 Å². The lowest BCUT2D eigenvalue weighted by Crippen LogP contribution is -2.13. The molecule has 2 aromatic heterocycles. The van der Waals surface area contributed by atoms with Gasteiger partial charge in [-0.15, -0.1) is 11.3 Å². The van der Waals surface area contributed by atoms with Crippen LogP contribution >= 0.6 is 34.5 Å². The molecule has 0 atom stereocenters. The highest BCUT2D eigenvalue weighted by atomic mass is 35.5. The molecule has 0 aliphatic rings. The summed E-state index contributed by atoms with van der Waals surface area (Å²) in [5.74, 6) is -0.606. The molecule has 0 aliphatic carbocycles. The molecule has 0 saturated carbocycles. The van der Waals surface area contributed by atoms with Crippen LogP contribution in [0, 0.1) is 21.4 Å². The Bertz CT molecular complexity index is 1490. The number of carbonyl (C=O) groups is 1. The normalized spacial score (nSPS) is 11.2. The molecule has 1 N–H and O–H groups in total. The average molecular weight is 524 g/mol. The minimum Gasteiger partial charge on any atom is -0.317 e. The van der Waals surface area contributed by atoms with Crippen LogP contribution in [0.2, 0.25) is 10.0 Å². The third kappa shape index (κ3) is 5.58. The molecule has 4 aromatic rings. The Morgan fingerprint density at radius 3 is 2.69 bits per heavy atom. The van der Waals surface area contributed by atoms with Crippen molar-refractivity contribution in [3.05, 3.63) is 109 Å². The van der Waals surface area contributed by atoms with Crippen molar-refractivity contribution in [2.45, 2.75) is 6.42 Å². The number of rotatable bonds is 7. The molecule has 0 unspecified atom stereocenters. The van der Waals surface area contributed by atoms with Crippen LogP contribution in [0.25, 0.3) is 11.8 Å². The first-order chi connectivity index (χ1) is 16.9. The first kappa shape index (κ1) is 24.2. The summed E-state index contributed by atoms with van der Waals surface area (Å²) >= 11 is 13.6. The van der Waals surface area contributed by atoms with Crippen molar-refractivity contribution in [2.24, 2.45) is 0 Å².